The SMILES string of the molecule is N#Cc1ccccc1-c1cc(-c2ccc(Cl)cc2)nn1-c1ccccc1S(N)(=O)=O. The fraction of sp³-hybridized carbons (Fsp3) is 0. The number of sulfonamides is 1. The summed E-state index contributed by atoms with van der Waals surface area (Å²) in [6.07, 6.45) is 0. The van der Waals surface area contributed by atoms with Gasteiger partial charge in [0.05, 0.1) is 28.7 Å². The molecule has 8 heteroatoms. The van der Waals surface area contributed by atoms with Crippen molar-refractivity contribution in [3.63, 3.8) is 0 Å². The first-order valence-corrected chi connectivity index (χ1v) is 10.8. The molecule has 0 aliphatic carbocycles. The van der Waals surface area contributed by atoms with Crippen LogP contribution in [0, 0.1) is 11.3 Å². The predicted molar refractivity (Wildman–Crippen MR) is 116 cm³/mol. The van der Waals surface area contributed by atoms with Gasteiger partial charge in [0.1, 0.15) is 4.90 Å². The van der Waals surface area contributed by atoms with Gasteiger partial charge in [-0.15, -0.1) is 0 Å². The average molecular weight is 435 g/mol. The van der Waals surface area contributed by atoms with Gasteiger partial charge >= 0.3 is 0 Å². The van der Waals surface area contributed by atoms with Crippen LogP contribution in [0.3, 0.4) is 0 Å². The maximum atomic E-state index is 12.2. The molecule has 4 aromatic rings. The molecule has 6 nitrogen and oxygen atoms in total. The van der Waals surface area contributed by atoms with Crippen molar-refractivity contribution in [1.82, 2.24) is 9.78 Å². The maximum absolute atomic E-state index is 12.2. The van der Waals surface area contributed by atoms with Gasteiger partial charge in [-0.05, 0) is 36.4 Å². The molecule has 0 amide bonds. The van der Waals surface area contributed by atoms with Crippen LogP contribution >= 0.6 is 11.6 Å². The van der Waals surface area contributed by atoms with Gasteiger partial charge in [-0.2, -0.15) is 10.4 Å². The number of primary sulfonamides is 1. The minimum absolute atomic E-state index is 0.0635. The van der Waals surface area contributed by atoms with Crippen molar-refractivity contribution in [3.8, 4) is 34.3 Å². The average Bonchev–Trinajstić information content (AvgIpc) is 3.18. The molecule has 0 aliphatic heterocycles. The van der Waals surface area contributed by atoms with Gasteiger partial charge in [0, 0.05) is 16.1 Å². The molecule has 0 spiro atoms. The molecule has 0 saturated heterocycles. The zero-order valence-electron chi connectivity index (χ0n) is 15.5. The second-order valence-corrected chi connectivity index (χ2v) is 8.47. The molecule has 4 rings (SSSR count). The van der Waals surface area contributed by atoms with Gasteiger partial charge in [0.25, 0.3) is 0 Å². The van der Waals surface area contributed by atoms with Gasteiger partial charge in [-0.1, -0.05) is 54.1 Å². The molecule has 1 heterocycles. The number of nitrogens with two attached hydrogens (primary N) is 1. The number of nitriles is 1. The number of nitrogens with zero attached hydrogens (tertiary/aromatic N) is 3. The third kappa shape index (κ3) is 3.72. The standard InChI is InChI=1S/C22H15ClN4O2S/c23-17-11-9-15(10-12-17)19-13-21(18-6-2-1-5-16(18)14-24)27(26-19)20-7-3-4-8-22(20)30(25,28)29/h1-13H,(H2,25,28,29). The molecular formula is C22H15ClN4O2S. The van der Waals surface area contributed by atoms with E-state index in [1.807, 2.05) is 12.1 Å². The number of para-hydroxylation sites is 1. The fourth-order valence-corrected chi connectivity index (χ4v) is 4.04. The van der Waals surface area contributed by atoms with Gasteiger partial charge in [-0.3, -0.25) is 0 Å². The van der Waals surface area contributed by atoms with E-state index in [0.717, 1.165) is 5.56 Å². The molecule has 3 aromatic carbocycles. The molecule has 0 bridgehead atoms. The summed E-state index contributed by atoms with van der Waals surface area (Å²) in [6, 6.07) is 24.5. The van der Waals surface area contributed by atoms with E-state index in [2.05, 4.69) is 11.2 Å². The van der Waals surface area contributed by atoms with E-state index in [1.165, 1.54) is 10.7 Å². The van der Waals surface area contributed by atoms with Crippen LogP contribution in [0.25, 0.3) is 28.2 Å². The van der Waals surface area contributed by atoms with Gasteiger partial charge in [0.15, 0.2) is 0 Å². The lowest BCUT2D eigenvalue weighted by Crippen LogP contribution is -2.16. The molecule has 0 saturated carbocycles. The van der Waals surface area contributed by atoms with Crippen molar-refractivity contribution in [1.29, 1.82) is 5.26 Å². The van der Waals surface area contributed by atoms with Crippen molar-refractivity contribution in [2.75, 3.05) is 0 Å². The maximum Gasteiger partial charge on any atom is 0.240 e. The second-order valence-electron chi connectivity index (χ2n) is 6.50. The molecule has 30 heavy (non-hydrogen) atoms. The zero-order chi connectivity index (χ0) is 21.3. The lowest BCUT2D eigenvalue weighted by atomic mass is 10.0. The highest BCUT2D eigenvalue weighted by Gasteiger charge is 2.21. The van der Waals surface area contributed by atoms with Crippen molar-refractivity contribution >= 4 is 21.6 Å². The topological polar surface area (TPSA) is 102 Å². The summed E-state index contributed by atoms with van der Waals surface area (Å²) in [5, 5.41) is 20.2. The highest BCUT2D eigenvalue weighted by atomic mass is 35.5. The summed E-state index contributed by atoms with van der Waals surface area (Å²) in [5.74, 6) is 0. The monoisotopic (exact) mass is 434 g/mol. The van der Waals surface area contributed by atoms with Crippen molar-refractivity contribution in [3.05, 3.63) is 89.4 Å². The number of benzene rings is 3. The molecule has 0 atom stereocenters. The number of aromatic nitrogens is 2. The van der Waals surface area contributed by atoms with Crippen LogP contribution in [0.5, 0.6) is 0 Å². The molecule has 0 unspecified atom stereocenters. The number of hydrogen-bond acceptors (Lipinski definition) is 4. The van der Waals surface area contributed by atoms with E-state index >= 15 is 0 Å². The Labute approximate surface area is 178 Å². The van der Waals surface area contributed by atoms with E-state index in [1.54, 1.807) is 60.7 Å². The van der Waals surface area contributed by atoms with E-state index < -0.39 is 10.0 Å². The molecule has 148 valence electrons. The summed E-state index contributed by atoms with van der Waals surface area (Å²) >= 11 is 6.00. The van der Waals surface area contributed by atoms with Crippen LogP contribution in [0.4, 0.5) is 0 Å². The third-order valence-corrected chi connectivity index (χ3v) is 5.78. The molecule has 2 N–H and O–H groups in total. The molecule has 0 aliphatic rings. The van der Waals surface area contributed by atoms with Crippen LogP contribution in [0.2, 0.25) is 5.02 Å². The minimum Gasteiger partial charge on any atom is -0.231 e. The fourth-order valence-electron chi connectivity index (χ4n) is 3.20. The zero-order valence-corrected chi connectivity index (χ0v) is 17.1. The minimum atomic E-state index is -4.00. The predicted octanol–water partition coefficient (Wildman–Crippen LogP) is 4.38. The third-order valence-electron chi connectivity index (χ3n) is 4.57. The van der Waals surface area contributed by atoms with Crippen LogP contribution in [-0.4, -0.2) is 18.2 Å². The first-order valence-electron chi connectivity index (χ1n) is 8.86. The van der Waals surface area contributed by atoms with Gasteiger partial charge in [0.2, 0.25) is 10.0 Å². The van der Waals surface area contributed by atoms with Crippen LogP contribution in [-0.2, 0) is 10.0 Å². The van der Waals surface area contributed by atoms with Crippen LogP contribution in [0.1, 0.15) is 5.56 Å². The summed E-state index contributed by atoms with van der Waals surface area (Å²) in [4.78, 5) is -0.0635. The van der Waals surface area contributed by atoms with Crippen molar-refractivity contribution in [2.24, 2.45) is 5.14 Å². The Morgan fingerprint density at radius 3 is 2.33 bits per heavy atom. The molecule has 1 aromatic heterocycles. The Morgan fingerprint density at radius 2 is 1.63 bits per heavy atom. The van der Waals surface area contributed by atoms with E-state index in [-0.39, 0.29) is 4.90 Å². The summed E-state index contributed by atoms with van der Waals surface area (Å²) in [7, 11) is -4.00. The Kier molecular flexibility index (Phi) is 5.14. The quantitative estimate of drug-likeness (QED) is 0.514. The van der Waals surface area contributed by atoms with Crippen LogP contribution < -0.4 is 5.14 Å². The highest BCUT2D eigenvalue weighted by Crippen LogP contribution is 2.32. The highest BCUT2D eigenvalue weighted by molar-refractivity contribution is 7.89. The first-order chi connectivity index (χ1) is 14.4. The first kappa shape index (κ1) is 19.9. The Balaban J connectivity index is 2.03. The summed E-state index contributed by atoms with van der Waals surface area (Å²) in [5.41, 5.74) is 3.31. The summed E-state index contributed by atoms with van der Waals surface area (Å²) in [6.45, 7) is 0. The Bertz CT molecular complexity index is 1390. The Morgan fingerprint density at radius 1 is 0.967 bits per heavy atom. The van der Waals surface area contributed by atoms with Gasteiger partial charge < -0.3 is 0 Å². The van der Waals surface area contributed by atoms with Gasteiger partial charge in [-0.25, -0.2) is 18.2 Å². The number of rotatable bonds is 4. The smallest absolute Gasteiger partial charge is 0.231 e. The Hall–Kier alpha value is -3.44. The molecule has 0 radical (unpaired) electrons. The van der Waals surface area contributed by atoms with Crippen molar-refractivity contribution in [2.45, 2.75) is 4.90 Å². The van der Waals surface area contributed by atoms with Crippen LogP contribution in [0.15, 0.2) is 83.8 Å². The normalized spacial score (nSPS) is 11.2. The van der Waals surface area contributed by atoms with Crippen molar-refractivity contribution < 1.29 is 8.42 Å². The van der Waals surface area contributed by atoms with E-state index in [9.17, 15) is 13.7 Å². The largest absolute Gasteiger partial charge is 0.240 e. The van der Waals surface area contributed by atoms with E-state index in [4.69, 9.17) is 16.7 Å². The lowest BCUT2D eigenvalue weighted by molar-refractivity contribution is 0.596. The number of halogens is 1. The number of hydrogen-bond donors (Lipinski definition) is 1. The van der Waals surface area contributed by atoms with E-state index in [0.29, 0.717) is 33.2 Å². The second kappa shape index (κ2) is 7.76. The summed E-state index contributed by atoms with van der Waals surface area (Å²) < 4.78 is 25.9. The molecule has 0 fully saturated rings. The lowest BCUT2D eigenvalue weighted by Gasteiger charge is -2.12. The molecular weight excluding hydrogens is 420 g/mol.